The fraction of sp³-hybridized carbons (Fsp3) is 0.545. The summed E-state index contributed by atoms with van der Waals surface area (Å²) in [4.78, 5) is 37.9. The number of rotatable bonds is 11. The maximum atomic E-state index is 12.7. The molecular weight excluding hydrogens is 450 g/mol. The zero-order valence-corrected chi connectivity index (χ0v) is 18.7. The smallest absolute Gasteiger partial charge is 0.330 e. The zero-order chi connectivity index (χ0) is 24.8. The van der Waals surface area contributed by atoms with Crippen LogP contribution in [0.4, 0.5) is 5.69 Å². The lowest BCUT2D eigenvalue weighted by Crippen LogP contribution is -2.39. The number of aliphatic hydroxyl groups is 3. The van der Waals surface area contributed by atoms with Crippen molar-refractivity contribution in [1.82, 2.24) is 9.55 Å². The van der Waals surface area contributed by atoms with Crippen LogP contribution in [0.15, 0.2) is 40.1 Å². The molecule has 34 heavy (non-hydrogen) atoms. The Labute approximate surface area is 194 Å². The predicted octanol–water partition coefficient (Wildman–Crippen LogP) is 0.743. The highest BCUT2D eigenvalue weighted by Crippen LogP contribution is 2.30. The van der Waals surface area contributed by atoms with Crippen molar-refractivity contribution in [3.8, 4) is 0 Å². The minimum Gasteiger partial charge on any atom is -0.394 e. The Hall–Kier alpha value is -2.90. The number of aromatic amines is 1. The van der Waals surface area contributed by atoms with Gasteiger partial charge in [-0.15, -0.1) is 0 Å². The number of non-ortho nitro benzene ring substituents is 1. The zero-order valence-electron chi connectivity index (χ0n) is 18.7. The van der Waals surface area contributed by atoms with Crippen molar-refractivity contribution in [1.29, 1.82) is 0 Å². The van der Waals surface area contributed by atoms with E-state index in [4.69, 9.17) is 9.47 Å². The molecule has 0 amide bonds. The van der Waals surface area contributed by atoms with Gasteiger partial charge in [0.15, 0.2) is 6.23 Å². The van der Waals surface area contributed by atoms with Gasteiger partial charge in [0.25, 0.3) is 11.2 Å². The van der Waals surface area contributed by atoms with Crippen LogP contribution in [0, 0.1) is 10.1 Å². The Morgan fingerprint density at radius 2 is 1.88 bits per heavy atom. The molecule has 4 N–H and O–H groups in total. The molecule has 1 aromatic heterocycles. The standard InChI is InChI=1S/C22H29N3O9/c1-2-3-4-5-10-33-19(13-6-8-14(9-7-13)25(31)32)15-11-24(22(30)23-20(15)29)21-18(28)17(27)16(12-26)34-21/h6-9,11,16-19,21,26-28H,2-5,10,12H2,1H3,(H,23,29,30)/t16-,17-,18-,19?,21-/m1/s1. The molecule has 12 heteroatoms. The number of unbranched alkanes of at least 4 members (excludes halogenated alkanes) is 3. The number of aromatic nitrogens is 2. The van der Waals surface area contributed by atoms with E-state index in [0.29, 0.717) is 12.2 Å². The van der Waals surface area contributed by atoms with Crippen LogP contribution in [-0.2, 0) is 9.47 Å². The molecule has 0 radical (unpaired) electrons. The minimum absolute atomic E-state index is 0.0154. The molecule has 186 valence electrons. The van der Waals surface area contributed by atoms with E-state index in [9.17, 15) is 35.0 Å². The van der Waals surface area contributed by atoms with Crippen molar-refractivity contribution in [3.63, 3.8) is 0 Å². The van der Waals surface area contributed by atoms with Gasteiger partial charge in [-0.25, -0.2) is 4.79 Å². The first-order chi connectivity index (χ1) is 16.3. The van der Waals surface area contributed by atoms with Crippen molar-refractivity contribution in [2.45, 2.75) is 63.3 Å². The summed E-state index contributed by atoms with van der Waals surface area (Å²) in [6, 6.07) is 5.52. The Balaban J connectivity index is 1.99. The molecule has 0 aliphatic carbocycles. The molecule has 1 aromatic carbocycles. The molecule has 0 spiro atoms. The summed E-state index contributed by atoms with van der Waals surface area (Å²) in [7, 11) is 0. The van der Waals surface area contributed by atoms with Crippen LogP contribution in [0.1, 0.15) is 56.1 Å². The molecule has 1 fully saturated rings. The second-order valence-electron chi connectivity index (χ2n) is 8.14. The van der Waals surface area contributed by atoms with Gasteiger partial charge in [-0.3, -0.25) is 24.5 Å². The van der Waals surface area contributed by atoms with Crippen molar-refractivity contribution < 1.29 is 29.7 Å². The summed E-state index contributed by atoms with van der Waals surface area (Å²) in [5.41, 5.74) is -1.27. The third-order valence-corrected chi connectivity index (χ3v) is 5.76. The molecule has 1 saturated heterocycles. The highest BCUT2D eigenvalue weighted by Gasteiger charge is 2.44. The van der Waals surface area contributed by atoms with Gasteiger partial charge >= 0.3 is 5.69 Å². The maximum Gasteiger partial charge on any atom is 0.330 e. The summed E-state index contributed by atoms with van der Waals surface area (Å²) >= 11 is 0. The summed E-state index contributed by atoms with van der Waals surface area (Å²) in [6.07, 6.45) is -1.51. The lowest BCUT2D eigenvalue weighted by atomic mass is 10.0. The first kappa shape index (κ1) is 25.7. The van der Waals surface area contributed by atoms with Crippen molar-refractivity contribution >= 4 is 5.69 Å². The van der Waals surface area contributed by atoms with Crippen LogP contribution < -0.4 is 11.2 Å². The van der Waals surface area contributed by atoms with Gasteiger partial charge < -0.3 is 24.8 Å². The molecule has 0 saturated carbocycles. The normalized spacial score (nSPS) is 23.2. The van der Waals surface area contributed by atoms with E-state index in [0.717, 1.165) is 30.3 Å². The van der Waals surface area contributed by atoms with Gasteiger partial charge in [-0.05, 0) is 24.1 Å². The largest absolute Gasteiger partial charge is 0.394 e. The molecule has 1 aliphatic heterocycles. The lowest BCUT2D eigenvalue weighted by molar-refractivity contribution is -0.384. The number of nitro benzene ring substituents is 1. The van der Waals surface area contributed by atoms with E-state index in [1.54, 1.807) is 0 Å². The average molecular weight is 479 g/mol. The topological polar surface area (TPSA) is 177 Å². The number of hydrogen-bond donors (Lipinski definition) is 4. The number of ether oxygens (including phenoxy) is 2. The SMILES string of the molecule is CCCCCCOC(c1ccc([N+](=O)[O-])cc1)c1cn([C@@H]2O[C@H](CO)[C@@H](O)[C@H]2O)c(=O)[nH]c1=O. The number of nitro groups is 1. The molecule has 1 unspecified atom stereocenters. The van der Waals surface area contributed by atoms with Gasteiger partial charge in [0.2, 0.25) is 0 Å². The van der Waals surface area contributed by atoms with E-state index < -0.39 is 53.4 Å². The average Bonchev–Trinajstić information content (AvgIpc) is 3.10. The highest BCUT2D eigenvalue weighted by atomic mass is 16.6. The molecule has 3 rings (SSSR count). The van der Waals surface area contributed by atoms with Gasteiger partial charge in [-0.2, -0.15) is 0 Å². The van der Waals surface area contributed by atoms with Crippen LogP contribution in [0.25, 0.3) is 0 Å². The van der Waals surface area contributed by atoms with Crippen LogP contribution in [0.5, 0.6) is 0 Å². The molecule has 0 bridgehead atoms. The Kier molecular flexibility index (Phi) is 8.69. The Morgan fingerprint density at radius 1 is 1.18 bits per heavy atom. The highest BCUT2D eigenvalue weighted by molar-refractivity contribution is 5.36. The first-order valence-corrected chi connectivity index (χ1v) is 11.1. The Bertz CT molecular complexity index is 1080. The second kappa shape index (κ2) is 11.5. The van der Waals surface area contributed by atoms with Crippen molar-refractivity contribution in [2.75, 3.05) is 13.2 Å². The summed E-state index contributed by atoms with van der Waals surface area (Å²) in [6.45, 7) is 1.79. The van der Waals surface area contributed by atoms with Gasteiger partial charge in [0.05, 0.1) is 17.1 Å². The lowest BCUT2D eigenvalue weighted by Gasteiger charge is -2.22. The number of aliphatic hydroxyl groups excluding tert-OH is 3. The van der Waals surface area contributed by atoms with Gasteiger partial charge in [-0.1, -0.05) is 26.2 Å². The molecule has 5 atom stereocenters. The fourth-order valence-corrected chi connectivity index (χ4v) is 3.85. The number of H-pyrrole nitrogens is 1. The quantitative estimate of drug-likeness (QED) is 0.206. The van der Waals surface area contributed by atoms with Crippen LogP contribution in [0.3, 0.4) is 0 Å². The van der Waals surface area contributed by atoms with E-state index in [1.807, 2.05) is 0 Å². The van der Waals surface area contributed by atoms with Crippen molar-refractivity contribution in [3.05, 3.63) is 72.5 Å². The third-order valence-electron chi connectivity index (χ3n) is 5.76. The summed E-state index contributed by atoms with van der Waals surface area (Å²) < 4.78 is 12.3. The molecule has 2 heterocycles. The molecule has 2 aromatic rings. The van der Waals surface area contributed by atoms with E-state index in [-0.39, 0.29) is 11.3 Å². The van der Waals surface area contributed by atoms with Crippen LogP contribution >= 0.6 is 0 Å². The summed E-state index contributed by atoms with van der Waals surface area (Å²) in [5, 5.41) is 40.7. The van der Waals surface area contributed by atoms with E-state index >= 15 is 0 Å². The van der Waals surface area contributed by atoms with E-state index in [2.05, 4.69) is 11.9 Å². The fourth-order valence-electron chi connectivity index (χ4n) is 3.85. The van der Waals surface area contributed by atoms with E-state index in [1.165, 1.54) is 30.5 Å². The van der Waals surface area contributed by atoms with Gasteiger partial charge in [0.1, 0.15) is 24.4 Å². The van der Waals surface area contributed by atoms with Gasteiger partial charge in [0, 0.05) is 24.9 Å². The van der Waals surface area contributed by atoms with Crippen molar-refractivity contribution in [2.24, 2.45) is 0 Å². The number of hydrogen-bond acceptors (Lipinski definition) is 9. The number of benzene rings is 1. The Morgan fingerprint density at radius 3 is 2.47 bits per heavy atom. The molecule has 1 aliphatic rings. The first-order valence-electron chi connectivity index (χ1n) is 11.1. The van der Waals surface area contributed by atoms with Crippen LogP contribution in [0.2, 0.25) is 0 Å². The number of nitrogens with zero attached hydrogens (tertiary/aromatic N) is 2. The number of nitrogens with one attached hydrogen (secondary N) is 1. The predicted molar refractivity (Wildman–Crippen MR) is 119 cm³/mol. The van der Waals surface area contributed by atoms with Crippen LogP contribution in [-0.4, -0.2) is 61.3 Å². The monoisotopic (exact) mass is 479 g/mol. The second-order valence-corrected chi connectivity index (χ2v) is 8.14. The maximum absolute atomic E-state index is 12.7. The third kappa shape index (κ3) is 5.59. The minimum atomic E-state index is -1.53. The molecule has 12 nitrogen and oxygen atoms in total. The summed E-state index contributed by atoms with van der Waals surface area (Å²) in [5.74, 6) is 0. The molecular formula is C22H29N3O9.